The Balaban J connectivity index is 1.55. The largest absolute Gasteiger partial charge is 0.326 e. The second-order valence-electron chi connectivity index (χ2n) is 8.62. The standard InChI is InChI=1S/C25H28N2O2/c1-14-5-9-20(16(3)11-14)26-24(28)22-18-7-8-19(13-18)23(22)25(29)27-21-10-6-15(2)12-17(21)4/h5-12,18-19,22-23H,13H2,1-4H3,(H,26,28)(H,27,29)/t18-,19+,22-,23-/m0/s1. The molecular weight excluding hydrogens is 360 g/mol. The predicted molar refractivity (Wildman–Crippen MR) is 117 cm³/mol. The minimum absolute atomic E-state index is 0.0606. The molecule has 2 amide bonds. The highest BCUT2D eigenvalue weighted by molar-refractivity contribution is 6.01. The highest BCUT2D eigenvalue weighted by Crippen LogP contribution is 2.49. The van der Waals surface area contributed by atoms with Crippen LogP contribution in [-0.4, -0.2) is 11.8 Å². The van der Waals surface area contributed by atoms with Gasteiger partial charge in [-0.2, -0.15) is 0 Å². The highest BCUT2D eigenvalue weighted by Gasteiger charge is 2.51. The van der Waals surface area contributed by atoms with Crippen LogP contribution in [0.15, 0.2) is 48.6 Å². The minimum Gasteiger partial charge on any atom is -0.326 e. The molecule has 2 aliphatic carbocycles. The number of hydrogen-bond acceptors (Lipinski definition) is 2. The van der Waals surface area contributed by atoms with Crippen LogP contribution in [-0.2, 0) is 9.59 Å². The monoisotopic (exact) mass is 388 g/mol. The van der Waals surface area contributed by atoms with E-state index in [2.05, 4.69) is 34.9 Å². The number of allylic oxidation sites excluding steroid dienone is 2. The summed E-state index contributed by atoms with van der Waals surface area (Å²) in [5.41, 5.74) is 6.03. The summed E-state index contributed by atoms with van der Waals surface area (Å²) >= 11 is 0. The van der Waals surface area contributed by atoms with E-state index in [0.29, 0.717) is 0 Å². The molecule has 2 aromatic carbocycles. The summed E-state index contributed by atoms with van der Waals surface area (Å²) < 4.78 is 0. The summed E-state index contributed by atoms with van der Waals surface area (Å²) in [6.07, 6.45) is 5.09. The number of hydrogen-bond donors (Lipinski definition) is 2. The van der Waals surface area contributed by atoms with Gasteiger partial charge in [0.2, 0.25) is 11.8 Å². The van der Waals surface area contributed by atoms with Gasteiger partial charge in [-0.3, -0.25) is 9.59 Å². The maximum Gasteiger partial charge on any atom is 0.228 e. The van der Waals surface area contributed by atoms with Crippen LogP contribution >= 0.6 is 0 Å². The number of fused-ring (bicyclic) bond motifs is 2. The van der Waals surface area contributed by atoms with Gasteiger partial charge in [0.1, 0.15) is 0 Å². The van der Waals surface area contributed by atoms with Gasteiger partial charge in [-0.15, -0.1) is 0 Å². The van der Waals surface area contributed by atoms with E-state index in [9.17, 15) is 9.59 Å². The van der Waals surface area contributed by atoms with E-state index in [1.54, 1.807) is 0 Å². The molecule has 2 aliphatic rings. The van der Waals surface area contributed by atoms with E-state index in [-0.39, 0.29) is 35.5 Å². The first-order valence-corrected chi connectivity index (χ1v) is 10.3. The van der Waals surface area contributed by atoms with Crippen molar-refractivity contribution in [3.8, 4) is 0 Å². The summed E-state index contributed by atoms with van der Waals surface area (Å²) in [6.45, 7) is 8.06. The summed E-state index contributed by atoms with van der Waals surface area (Å²) in [4.78, 5) is 26.4. The molecule has 4 heteroatoms. The molecular formula is C25H28N2O2. The van der Waals surface area contributed by atoms with E-state index in [1.165, 1.54) is 0 Å². The molecule has 0 aromatic heterocycles. The second-order valence-corrected chi connectivity index (χ2v) is 8.62. The SMILES string of the molecule is Cc1ccc(NC(=O)[C@@H]2[C@@H](C(=O)Nc3ccc(C)cc3C)[C@H]3C=C[C@@H]2C3)c(C)c1. The van der Waals surface area contributed by atoms with Crippen LogP contribution in [0.25, 0.3) is 0 Å². The Bertz CT molecular complexity index is 928. The van der Waals surface area contributed by atoms with Crippen LogP contribution in [0.3, 0.4) is 0 Å². The second kappa shape index (κ2) is 7.51. The molecule has 0 saturated heterocycles. The van der Waals surface area contributed by atoms with Crippen molar-refractivity contribution in [2.45, 2.75) is 34.1 Å². The van der Waals surface area contributed by atoms with E-state index < -0.39 is 0 Å². The zero-order valence-electron chi connectivity index (χ0n) is 17.5. The predicted octanol–water partition coefficient (Wildman–Crippen LogP) is 4.94. The number of rotatable bonds is 4. The lowest BCUT2D eigenvalue weighted by molar-refractivity contribution is -0.129. The van der Waals surface area contributed by atoms with Crippen molar-refractivity contribution in [3.63, 3.8) is 0 Å². The average molecular weight is 389 g/mol. The van der Waals surface area contributed by atoms with Gasteiger partial charge in [0, 0.05) is 11.4 Å². The lowest BCUT2D eigenvalue weighted by atomic mass is 9.81. The third kappa shape index (κ3) is 3.71. The van der Waals surface area contributed by atoms with E-state index in [4.69, 9.17) is 0 Å². The van der Waals surface area contributed by atoms with Crippen molar-refractivity contribution < 1.29 is 9.59 Å². The van der Waals surface area contributed by atoms with Crippen molar-refractivity contribution in [2.75, 3.05) is 10.6 Å². The summed E-state index contributed by atoms with van der Waals surface area (Å²) in [6, 6.07) is 12.0. The van der Waals surface area contributed by atoms with Crippen LogP contribution in [0, 0.1) is 51.4 Å². The molecule has 4 nitrogen and oxygen atoms in total. The lowest BCUT2D eigenvalue weighted by Gasteiger charge is -2.27. The topological polar surface area (TPSA) is 58.2 Å². The van der Waals surface area contributed by atoms with Gasteiger partial charge in [0.15, 0.2) is 0 Å². The molecule has 4 rings (SSSR count). The number of aryl methyl sites for hydroxylation is 4. The first-order chi connectivity index (χ1) is 13.8. The molecule has 2 bridgehead atoms. The molecule has 0 spiro atoms. The van der Waals surface area contributed by atoms with Crippen molar-refractivity contribution >= 4 is 23.2 Å². The Morgan fingerprint density at radius 3 is 1.52 bits per heavy atom. The average Bonchev–Trinajstić information content (AvgIpc) is 3.27. The van der Waals surface area contributed by atoms with Gasteiger partial charge < -0.3 is 10.6 Å². The highest BCUT2D eigenvalue weighted by atomic mass is 16.2. The van der Waals surface area contributed by atoms with Crippen molar-refractivity contribution in [1.82, 2.24) is 0 Å². The smallest absolute Gasteiger partial charge is 0.228 e. The fourth-order valence-corrected chi connectivity index (χ4v) is 4.88. The van der Waals surface area contributed by atoms with Gasteiger partial charge in [0.25, 0.3) is 0 Å². The van der Waals surface area contributed by atoms with Gasteiger partial charge in [-0.05, 0) is 69.2 Å². The number of anilines is 2. The lowest BCUT2D eigenvalue weighted by Crippen LogP contribution is -2.39. The molecule has 1 fully saturated rings. The Hall–Kier alpha value is -2.88. The third-order valence-corrected chi connectivity index (χ3v) is 6.34. The zero-order valence-corrected chi connectivity index (χ0v) is 17.5. The normalized spacial score (nSPS) is 24.6. The molecule has 0 unspecified atom stereocenters. The van der Waals surface area contributed by atoms with Crippen LogP contribution in [0.4, 0.5) is 11.4 Å². The van der Waals surface area contributed by atoms with Gasteiger partial charge >= 0.3 is 0 Å². The van der Waals surface area contributed by atoms with E-state index >= 15 is 0 Å². The molecule has 0 radical (unpaired) electrons. The fourth-order valence-electron chi connectivity index (χ4n) is 4.88. The number of nitrogens with one attached hydrogen (secondary N) is 2. The maximum atomic E-state index is 13.2. The Morgan fingerprint density at radius 1 is 0.724 bits per heavy atom. The third-order valence-electron chi connectivity index (χ3n) is 6.34. The molecule has 4 atom stereocenters. The number of carbonyl (C=O) groups is 2. The first-order valence-electron chi connectivity index (χ1n) is 10.3. The minimum atomic E-state index is -0.337. The molecule has 2 aromatic rings. The van der Waals surface area contributed by atoms with E-state index in [1.807, 2.05) is 52.0 Å². The molecule has 0 aliphatic heterocycles. The summed E-state index contributed by atoms with van der Waals surface area (Å²) in [5.74, 6) is -0.543. The first kappa shape index (κ1) is 19.4. The molecule has 29 heavy (non-hydrogen) atoms. The van der Waals surface area contributed by atoms with Crippen molar-refractivity contribution in [2.24, 2.45) is 23.7 Å². The van der Waals surface area contributed by atoms with Crippen LogP contribution in [0.2, 0.25) is 0 Å². The summed E-state index contributed by atoms with van der Waals surface area (Å²) in [5, 5.41) is 6.16. The van der Waals surface area contributed by atoms with Gasteiger partial charge in [-0.1, -0.05) is 47.5 Å². The van der Waals surface area contributed by atoms with Gasteiger partial charge in [-0.25, -0.2) is 0 Å². The zero-order chi connectivity index (χ0) is 20.7. The van der Waals surface area contributed by atoms with Crippen molar-refractivity contribution in [3.05, 3.63) is 70.8 Å². The molecule has 150 valence electrons. The summed E-state index contributed by atoms with van der Waals surface area (Å²) in [7, 11) is 0. The number of carbonyl (C=O) groups excluding carboxylic acids is 2. The van der Waals surface area contributed by atoms with Crippen molar-refractivity contribution in [1.29, 1.82) is 0 Å². The Kier molecular flexibility index (Phi) is 5.03. The van der Waals surface area contributed by atoms with Crippen LogP contribution < -0.4 is 10.6 Å². The van der Waals surface area contributed by atoms with Crippen LogP contribution in [0.5, 0.6) is 0 Å². The number of amides is 2. The van der Waals surface area contributed by atoms with E-state index in [0.717, 1.165) is 40.0 Å². The van der Waals surface area contributed by atoms with Crippen LogP contribution in [0.1, 0.15) is 28.7 Å². The van der Waals surface area contributed by atoms with Gasteiger partial charge in [0.05, 0.1) is 11.8 Å². The fraction of sp³-hybridized carbons (Fsp3) is 0.360. The molecule has 2 N–H and O–H groups in total. The Labute approximate surface area is 172 Å². The quantitative estimate of drug-likeness (QED) is 0.729. The molecule has 1 saturated carbocycles. The number of benzene rings is 2. The molecule has 0 heterocycles. The Morgan fingerprint density at radius 2 is 1.14 bits per heavy atom. The maximum absolute atomic E-state index is 13.2.